The van der Waals surface area contributed by atoms with E-state index < -0.39 is 0 Å². The highest BCUT2D eigenvalue weighted by molar-refractivity contribution is 5.89. The Hall–Kier alpha value is -1.55. The average molecular weight is 209 g/mol. The zero-order valence-corrected chi connectivity index (χ0v) is 8.90. The fourth-order valence-corrected chi connectivity index (χ4v) is 1.09. The minimum atomic E-state index is -0.374. The number of carbonyl (C=O) groups excluding carboxylic acids is 1. The third-order valence-electron chi connectivity index (χ3n) is 1.92. The number of carbonyl (C=O) groups is 1. The highest BCUT2D eigenvalue weighted by Gasteiger charge is 2.07. The number of benzene rings is 1. The van der Waals surface area contributed by atoms with Gasteiger partial charge in [-0.3, -0.25) is 0 Å². The topological polar surface area (TPSA) is 61.5 Å². The number of ether oxygens (including phenoxy) is 2. The van der Waals surface area contributed by atoms with Crippen molar-refractivity contribution in [2.24, 2.45) is 5.73 Å². The summed E-state index contributed by atoms with van der Waals surface area (Å²) >= 11 is 0. The van der Waals surface area contributed by atoms with E-state index >= 15 is 0 Å². The molecule has 4 heteroatoms. The zero-order valence-electron chi connectivity index (χ0n) is 8.90. The molecule has 0 aliphatic heterocycles. The van der Waals surface area contributed by atoms with E-state index in [9.17, 15) is 4.79 Å². The van der Waals surface area contributed by atoms with Gasteiger partial charge in [0, 0.05) is 6.54 Å². The van der Waals surface area contributed by atoms with Crippen molar-refractivity contribution in [3.63, 3.8) is 0 Å². The predicted octanol–water partition coefficient (Wildman–Crippen LogP) is 1.20. The molecule has 15 heavy (non-hydrogen) atoms. The summed E-state index contributed by atoms with van der Waals surface area (Å²) in [6, 6.07) is 6.83. The molecule has 0 amide bonds. The van der Waals surface area contributed by atoms with Gasteiger partial charge >= 0.3 is 5.97 Å². The lowest BCUT2D eigenvalue weighted by Gasteiger charge is -2.12. The standard InChI is InChI=1S/C11H15NO3/c1-8(7-12)15-10-5-3-4-9(6-10)11(13)14-2/h3-6,8H,7,12H2,1-2H3. The average Bonchev–Trinajstić information content (AvgIpc) is 2.28. The molecule has 1 rings (SSSR count). The van der Waals surface area contributed by atoms with Crippen molar-refractivity contribution in [3.05, 3.63) is 29.8 Å². The maximum Gasteiger partial charge on any atom is 0.337 e. The Morgan fingerprint density at radius 3 is 2.87 bits per heavy atom. The van der Waals surface area contributed by atoms with E-state index in [4.69, 9.17) is 10.5 Å². The van der Waals surface area contributed by atoms with Crippen LogP contribution in [0.3, 0.4) is 0 Å². The number of esters is 1. The van der Waals surface area contributed by atoms with E-state index in [2.05, 4.69) is 4.74 Å². The van der Waals surface area contributed by atoms with Crippen LogP contribution in [-0.4, -0.2) is 25.7 Å². The number of hydrogen-bond acceptors (Lipinski definition) is 4. The minimum Gasteiger partial charge on any atom is -0.489 e. The summed E-state index contributed by atoms with van der Waals surface area (Å²) < 4.78 is 10.1. The number of rotatable bonds is 4. The predicted molar refractivity (Wildman–Crippen MR) is 56.9 cm³/mol. The Morgan fingerprint density at radius 1 is 1.53 bits per heavy atom. The molecule has 1 aromatic carbocycles. The van der Waals surface area contributed by atoms with Crippen molar-refractivity contribution in [2.45, 2.75) is 13.0 Å². The first-order valence-electron chi connectivity index (χ1n) is 4.72. The fourth-order valence-electron chi connectivity index (χ4n) is 1.09. The third kappa shape index (κ3) is 3.25. The largest absolute Gasteiger partial charge is 0.489 e. The molecule has 4 nitrogen and oxygen atoms in total. The van der Waals surface area contributed by atoms with Crippen molar-refractivity contribution in [3.8, 4) is 5.75 Å². The Bertz CT molecular complexity index is 338. The van der Waals surface area contributed by atoms with Gasteiger partial charge in [0.25, 0.3) is 0 Å². The second kappa shape index (κ2) is 5.36. The van der Waals surface area contributed by atoms with Gasteiger partial charge in [0.05, 0.1) is 12.7 Å². The second-order valence-electron chi connectivity index (χ2n) is 3.18. The lowest BCUT2D eigenvalue weighted by atomic mass is 10.2. The molecule has 1 atom stereocenters. The Balaban J connectivity index is 2.78. The van der Waals surface area contributed by atoms with Gasteiger partial charge < -0.3 is 15.2 Å². The van der Waals surface area contributed by atoms with E-state index in [1.54, 1.807) is 24.3 Å². The van der Waals surface area contributed by atoms with Crippen molar-refractivity contribution in [1.82, 2.24) is 0 Å². The summed E-state index contributed by atoms with van der Waals surface area (Å²) in [5.74, 6) is 0.247. The molecule has 0 aromatic heterocycles. The van der Waals surface area contributed by atoms with Gasteiger partial charge in [0.2, 0.25) is 0 Å². The van der Waals surface area contributed by atoms with E-state index in [1.807, 2.05) is 6.92 Å². The summed E-state index contributed by atoms with van der Waals surface area (Å²) in [4.78, 5) is 11.2. The molecule has 0 radical (unpaired) electrons. The van der Waals surface area contributed by atoms with Gasteiger partial charge in [-0.05, 0) is 25.1 Å². The molecule has 0 heterocycles. The zero-order chi connectivity index (χ0) is 11.3. The molecule has 0 aliphatic rings. The van der Waals surface area contributed by atoms with Crippen molar-refractivity contribution in [2.75, 3.05) is 13.7 Å². The maximum atomic E-state index is 11.2. The Kier molecular flexibility index (Phi) is 4.12. The summed E-state index contributed by atoms with van der Waals surface area (Å²) in [7, 11) is 1.35. The number of methoxy groups -OCH3 is 1. The highest BCUT2D eigenvalue weighted by atomic mass is 16.5. The van der Waals surface area contributed by atoms with Crippen LogP contribution in [0.2, 0.25) is 0 Å². The molecule has 0 saturated heterocycles. The Labute approximate surface area is 89.0 Å². The normalized spacial score (nSPS) is 11.9. The van der Waals surface area contributed by atoms with Crippen LogP contribution in [0.5, 0.6) is 5.75 Å². The van der Waals surface area contributed by atoms with Gasteiger partial charge in [0.15, 0.2) is 0 Å². The first-order chi connectivity index (χ1) is 7.17. The summed E-state index contributed by atoms with van der Waals surface area (Å²) in [5.41, 5.74) is 5.90. The van der Waals surface area contributed by atoms with Crippen LogP contribution in [0.1, 0.15) is 17.3 Å². The van der Waals surface area contributed by atoms with Gasteiger partial charge in [0.1, 0.15) is 11.9 Å². The van der Waals surface area contributed by atoms with Crippen molar-refractivity contribution < 1.29 is 14.3 Å². The summed E-state index contributed by atoms with van der Waals surface area (Å²) in [6.07, 6.45) is -0.0714. The molecule has 1 unspecified atom stereocenters. The van der Waals surface area contributed by atoms with Crippen LogP contribution in [0, 0.1) is 0 Å². The molecular formula is C11H15NO3. The molecule has 1 aromatic rings. The van der Waals surface area contributed by atoms with Crippen LogP contribution in [0.15, 0.2) is 24.3 Å². The fraction of sp³-hybridized carbons (Fsp3) is 0.364. The minimum absolute atomic E-state index is 0.0714. The molecule has 0 bridgehead atoms. The van der Waals surface area contributed by atoms with Crippen LogP contribution >= 0.6 is 0 Å². The molecule has 0 aliphatic carbocycles. The molecule has 0 saturated carbocycles. The molecule has 82 valence electrons. The van der Waals surface area contributed by atoms with Crippen molar-refractivity contribution in [1.29, 1.82) is 0 Å². The second-order valence-corrected chi connectivity index (χ2v) is 3.18. The van der Waals surface area contributed by atoms with Crippen molar-refractivity contribution >= 4 is 5.97 Å². The first-order valence-corrected chi connectivity index (χ1v) is 4.72. The van der Waals surface area contributed by atoms with Crippen LogP contribution < -0.4 is 10.5 Å². The van der Waals surface area contributed by atoms with Gasteiger partial charge in [-0.25, -0.2) is 4.79 Å². The van der Waals surface area contributed by atoms with Gasteiger partial charge in [-0.2, -0.15) is 0 Å². The van der Waals surface area contributed by atoms with Crippen LogP contribution in [0.4, 0.5) is 0 Å². The van der Waals surface area contributed by atoms with E-state index in [-0.39, 0.29) is 12.1 Å². The number of hydrogen-bond donors (Lipinski definition) is 1. The molecular weight excluding hydrogens is 194 g/mol. The first kappa shape index (κ1) is 11.5. The SMILES string of the molecule is COC(=O)c1cccc(OC(C)CN)c1. The van der Waals surface area contributed by atoms with E-state index in [1.165, 1.54) is 7.11 Å². The quantitative estimate of drug-likeness (QED) is 0.757. The Morgan fingerprint density at radius 2 is 2.27 bits per heavy atom. The van der Waals surface area contributed by atoms with Crippen LogP contribution in [0.25, 0.3) is 0 Å². The smallest absolute Gasteiger partial charge is 0.337 e. The third-order valence-corrected chi connectivity index (χ3v) is 1.92. The highest BCUT2D eigenvalue weighted by Crippen LogP contribution is 2.15. The van der Waals surface area contributed by atoms with Gasteiger partial charge in [-0.15, -0.1) is 0 Å². The van der Waals surface area contributed by atoms with E-state index in [0.717, 1.165) is 0 Å². The van der Waals surface area contributed by atoms with Gasteiger partial charge in [-0.1, -0.05) is 6.07 Å². The molecule has 2 N–H and O–H groups in total. The lowest BCUT2D eigenvalue weighted by molar-refractivity contribution is 0.0600. The lowest BCUT2D eigenvalue weighted by Crippen LogP contribution is -2.22. The van der Waals surface area contributed by atoms with Crippen LogP contribution in [-0.2, 0) is 4.74 Å². The monoisotopic (exact) mass is 209 g/mol. The molecule has 0 fully saturated rings. The maximum absolute atomic E-state index is 11.2. The van der Waals surface area contributed by atoms with E-state index in [0.29, 0.717) is 17.9 Å². The summed E-state index contributed by atoms with van der Waals surface area (Å²) in [5, 5.41) is 0. The summed E-state index contributed by atoms with van der Waals surface area (Å²) in [6.45, 7) is 2.30. The number of nitrogens with two attached hydrogens (primary N) is 1. The molecule has 0 spiro atoms.